The van der Waals surface area contributed by atoms with E-state index >= 15 is 0 Å². The van der Waals surface area contributed by atoms with Crippen molar-refractivity contribution in [2.24, 2.45) is 0 Å². The molecule has 0 bridgehead atoms. The molecule has 1 aromatic carbocycles. The highest BCUT2D eigenvalue weighted by molar-refractivity contribution is 7.97. The van der Waals surface area contributed by atoms with E-state index in [2.05, 4.69) is 42.8 Å². The van der Waals surface area contributed by atoms with Gasteiger partial charge in [-0.25, -0.2) is 0 Å². The normalized spacial score (nSPS) is 10.4. The lowest BCUT2D eigenvalue weighted by molar-refractivity contribution is 0.709. The maximum absolute atomic E-state index is 3.37. The first-order chi connectivity index (χ1) is 6.83. The van der Waals surface area contributed by atoms with E-state index in [0.717, 1.165) is 6.54 Å². The Balaban J connectivity index is 2.15. The van der Waals surface area contributed by atoms with Crippen LogP contribution in [-0.4, -0.2) is 6.54 Å². The van der Waals surface area contributed by atoms with Crippen LogP contribution < -0.4 is 4.72 Å². The summed E-state index contributed by atoms with van der Waals surface area (Å²) in [7, 11) is 0. The monoisotopic (exact) mass is 209 g/mol. The van der Waals surface area contributed by atoms with Crippen molar-refractivity contribution < 1.29 is 0 Å². The average molecular weight is 209 g/mol. The molecule has 1 N–H and O–H groups in total. The zero-order valence-corrected chi connectivity index (χ0v) is 9.86. The van der Waals surface area contributed by atoms with Gasteiger partial charge in [0.25, 0.3) is 0 Å². The topological polar surface area (TPSA) is 12.0 Å². The Morgan fingerprint density at radius 1 is 1.14 bits per heavy atom. The van der Waals surface area contributed by atoms with Gasteiger partial charge in [0, 0.05) is 11.4 Å². The molecule has 0 aliphatic rings. The predicted molar refractivity (Wildman–Crippen MR) is 64.6 cm³/mol. The fourth-order valence-electron chi connectivity index (χ4n) is 1.19. The number of unbranched alkanes of at least 4 members (excludes halogenated alkanes) is 2. The molecule has 78 valence electrons. The number of benzene rings is 1. The van der Waals surface area contributed by atoms with Gasteiger partial charge in [-0.05, 0) is 37.4 Å². The number of hydrogen-bond donors (Lipinski definition) is 1. The Hall–Kier alpha value is -0.470. The van der Waals surface area contributed by atoms with E-state index in [4.69, 9.17) is 0 Å². The van der Waals surface area contributed by atoms with Gasteiger partial charge in [0.1, 0.15) is 0 Å². The van der Waals surface area contributed by atoms with E-state index in [-0.39, 0.29) is 0 Å². The van der Waals surface area contributed by atoms with Crippen LogP contribution in [0.25, 0.3) is 0 Å². The molecule has 0 aromatic heterocycles. The first kappa shape index (κ1) is 11.6. The highest BCUT2D eigenvalue weighted by Crippen LogP contribution is 2.14. The fourth-order valence-corrected chi connectivity index (χ4v) is 1.87. The first-order valence-corrected chi connectivity index (χ1v) is 6.11. The van der Waals surface area contributed by atoms with E-state index in [1.807, 2.05) is 0 Å². The van der Waals surface area contributed by atoms with Crippen molar-refractivity contribution >= 4 is 11.9 Å². The molecule has 14 heavy (non-hydrogen) atoms. The minimum atomic E-state index is 1.10. The van der Waals surface area contributed by atoms with Crippen LogP contribution in [0.15, 0.2) is 29.2 Å². The van der Waals surface area contributed by atoms with Crippen LogP contribution in [0.5, 0.6) is 0 Å². The third kappa shape index (κ3) is 4.68. The van der Waals surface area contributed by atoms with Gasteiger partial charge in [-0.2, -0.15) is 0 Å². The smallest absolute Gasteiger partial charge is 0.0228 e. The van der Waals surface area contributed by atoms with Crippen LogP contribution in [0.3, 0.4) is 0 Å². The molecule has 2 heteroatoms. The van der Waals surface area contributed by atoms with Crippen molar-refractivity contribution in [3.8, 4) is 0 Å². The minimum Gasteiger partial charge on any atom is -0.260 e. The van der Waals surface area contributed by atoms with Crippen molar-refractivity contribution in [1.82, 2.24) is 4.72 Å². The Morgan fingerprint density at radius 2 is 1.86 bits per heavy atom. The van der Waals surface area contributed by atoms with Crippen molar-refractivity contribution in [3.05, 3.63) is 29.8 Å². The van der Waals surface area contributed by atoms with E-state index in [0.29, 0.717) is 0 Å². The van der Waals surface area contributed by atoms with Gasteiger partial charge in [0.05, 0.1) is 0 Å². The molecule has 0 atom stereocenters. The van der Waals surface area contributed by atoms with Crippen LogP contribution in [0.1, 0.15) is 31.7 Å². The van der Waals surface area contributed by atoms with Gasteiger partial charge in [-0.3, -0.25) is 4.72 Å². The Bertz CT molecular complexity index is 243. The first-order valence-electron chi connectivity index (χ1n) is 5.29. The summed E-state index contributed by atoms with van der Waals surface area (Å²) >= 11 is 1.73. The molecule has 1 nitrogen and oxygen atoms in total. The van der Waals surface area contributed by atoms with Crippen LogP contribution in [0.4, 0.5) is 0 Å². The lowest BCUT2D eigenvalue weighted by Crippen LogP contribution is -2.04. The average Bonchev–Trinajstić information content (AvgIpc) is 2.21. The summed E-state index contributed by atoms with van der Waals surface area (Å²) in [6, 6.07) is 8.62. The number of aryl methyl sites for hydroxylation is 1. The van der Waals surface area contributed by atoms with Crippen LogP contribution >= 0.6 is 11.9 Å². The Kier molecular flexibility index (Phi) is 5.72. The van der Waals surface area contributed by atoms with E-state index < -0.39 is 0 Å². The molecule has 0 aliphatic carbocycles. The molecule has 0 unspecified atom stereocenters. The molecule has 0 aliphatic heterocycles. The summed E-state index contributed by atoms with van der Waals surface area (Å²) in [5.74, 6) is 0. The molecule has 0 fully saturated rings. The van der Waals surface area contributed by atoms with Gasteiger partial charge in [-0.1, -0.05) is 37.5 Å². The molecule has 0 heterocycles. The molecule has 0 radical (unpaired) electrons. The Labute approximate surface area is 91.4 Å². The van der Waals surface area contributed by atoms with Crippen molar-refractivity contribution in [1.29, 1.82) is 0 Å². The maximum Gasteiger partial charge on any atom is 0.0228 e. The molecular weight excluding hydrogens is 190 g/mol. The lowest BCUT2D eigenvalue weighted by atomic mass is 10.2. The second kappa shape index (κ2) is 6.91. The van der Waals surface area contributed by atoms with Crippen molar-refractivity contribution in [3.63, 3.8) is 0 Å². The second-order valence-electron chi connectivity index (χ2n) is 3.52. The molecule has 0 spiro atoms. The predicted octanol–water partition coefficient (Wildman–Crippen LogP) is 3.78. The van der Waals surface area contributed by atoms with Gasteiger partial charge in [-0.15, -0.1) is 0 Å². The molecular formula is C12H19NS. The summed E-state index contributed by atoms with van der Waals surface area (Å²) in [5.41, 5.74) is 1.32. The Morgan fingerprint density at radius 3 is 2.50 bits per heavy atom. The number of nitrogens with one attached hydrogen (secondary N) is 1. The maximum atomic E-state index is 3.37. The van der Waals surface area contributed by atoms with Crippen molar-refractivity contribution in [2.45, 2.75) is 38.0 Å². The largest absolute Gasteiger partial charge is 0.260 e. The quantitative estimate of drug-likeness (QED) is 0.565. The lowest BCUT2D eigenvalue weighted by Gasteiger charge is -2.03. The molecule has 0 amide bonds. The van der Waals surface area contributed by atoms with Crippen LogP contribution in [0.2, 0.25) is 0 Å². The highest BCUT2D eigenvalue weighted by atomic mass is 32.2. The van der Waals surface area contributed by atoms with Crippen molar-refractivity contribution in [2.75, 3.05) is 6.54 Å². The summed E-state index contributed by atoms with van der Waals surface area (Å²) in [6.07, 6.45) is 3.88. The molecule has 1 rings (SSSR count). The third-order valence-electron chi connectivity index (χ3n) is 2.09. The van der Waals surface area contributed by atoms with Gasteiger partial charge in [0.2, 0.25) is 0 Å². The zero-order valence-electron chi connectivity index (χ0n) is 9.05. The molecule has 0 saturated carbocycles. The van der Waals surface area contributed by atoms with Crippen LogP contribution in [0, 0.1) is 6.92 Å². The molecule has 1 aromatic rings. The zero-order chi connectivity index (χ0) is 10.2. The van der Waals surface area contributed by atoms with Gasteiger partial charge in [0.15, 0.2) is 0 Å². The fraction of sp³-hybridized carbons (Fsp3) is 0.500. The summed E-state index contributed by atoms with van der Waals surface area (Å²) in [5, 5.41) is 0. The SMILES string of the molecule is CCCCCNSc1ccc(C)cc1. The van der Waals surface area contributed by atoms with Gasteiger partial charge < -0.3 is 0 Å². The van der Waals surface area contributed by atoms with E-state index in [9.17, 15) is 0 Å². The van der Waals surface area contributed by atoms with E-state index in [1.165, 1.54) is 29.7 Å². The number of hydrogen-bond acceptors (Lipinski definition) is 2. The summed E-state index contributed by atoms with van der Waals surface area (Å²) in [6.45, 7) is 5.45. The molecule has 0 saturated heterocycles. The summed E-state index contributed by atoms with van der Waals surface area (Å²) < 4.78 is 3.37. The van der Waals surface area contributed by atoms with E-state index in [1.54, 1.807) is 11.9 Å². The second-order valence-corrected chi connectivity index (χ2v) is 4.48. The third-order valence-corrected chi connectivity index (χ3v) is 2.95. The van der Waals surface area contributed by atoms with Crippen LogP contribution in [-0.2, 0) is 0 Å². The highest BCUT2D eigenvalue weighted by Gasteiger charge is 1.92. The summed E-state index contributed by atoms with van der Waals surface area (Å²) in [4.78, 5) is 1.30. The number of rotatable bonds is 6. The minimum absolute atomic E-state index is 1.10. The van der Waals surface area contributed by atoms with Gasteiger partial charge >= 0.3 is 0 Å². The standard InChI is InChI=1S/C12H19NS/c1-3-4-5-10-13-14-12-8-6-11(2)7-9-12/h6-9,13H,3-5,10H2,1-2H3.